The van der Waals surface area contributed by atoms with Gasteiger partial charge in [-0.25, -0.2) is 4.68 Å². The Labute approximate surface area is 174 Å². The molecule has 1 aliphatic heterocycles. The molecule has 0 bridgehead atoms. The predicted octanol–water partition coefficient (Wildman–Crippen LogP) is 3.97. The molecule has 1 aliphatic rings. The van der Waals surface area contributed by atoms with Crippen LogP contribution in [0.2, 0.25) is 0 Å². The highest BCUT2D eigenvalue weighted by atomic mass is 35.5. The number of piperidine rings is 1. The van der Waals surface area contributed by atoms with Gasteiger partial charge in [0.15, 0.2) is 0 Å². The van der Waals surface area contributed by atoms with Crippen LogP contribution in [0.15, 0.2) is 30.5 Å². The fourth-order valence-corrected chi connectivity index (χ4v) is 3.79. The minimum atomic E-state index is -0.193. The molecule has 1 unspecified atom stereocenters. The zero-order valence-corrected chi connectivity index (χ0v) is 18.5. The number of aromatic nitrogens is 2. The van der Waals surface area contributed by atoms with Crippen LogP contribution < -0.4 is 5.32 Å². The van der Waals surface area contributed by atoms with E-state index in [0.29, 0.717) is 5.92 Å². The molecular formula is C22H33ClN4O. The summed E-state index contributed by atoms with van der Waals surface area (Å²) in [7, 11) is 1.98. The van der Waals surface area contributed by atoms with Crippen LogP contribution >= 0.6 is 12.4 Å². The van der Waals surface area contributed by atoms with Gasteiger partial charge in [-0.3, -0.25) is 4.79 Å². The molecule has 0 aliphatic carbocycles. The Hall–Kier alpha value is -1.85. The molecule has 0 radical (unpaired) electrons. The summed E-state index contributed by atoms with van der Waals surface area (Å²) in [6.07, 6.45) is 4.16. The molecule has 0 spiro atoms. The van der Waals surface area contributed by atoms with Gasteiger partial charge in [0.2, 0.25) is 0 Å². The summed E-state index contributed by atoms with van der Waals surface area (Å²) in [5.41, 5.74) is 3.59. The number of halogens is 1. The van der Waals surface area contributed by atoms with Crippen LogP contribution in [-0.4, -0.2) is 47.3 Å². The second kappa shape index (κ2) is 9.10. The maximum Gasteiger partial charge on any atom is 0.257 e. The highest BCUT2D eigenvalue weighted by Crippen LogP contribution is 2.28. The Bertz CT molecular complexity index is 790. The van der Waals surface area contributed by atoms with Gasteiger partial charge in [-0.2, -0.15) is 5.10 Å². The number of amides is 1. The number of hydrogen-bond acceptors (Lipinski definition) is 3. The number of aryl methyl sites for hydroxylation is 1. The fourth-order valence-electron chi connectivity index (χ4n) is 3.79. The van der Waals surface area contributed by atoms with Crippen molar-refractivity contribution in [3.05, 3.63) is 47.3 Å². The largest absolute Gasteiger partial charge is 0.338 e. The number of hydrogen-bond donors (Lipinski definition) is 1. The summed E-state index contributed by atoms with van der Waals surface area (Å²) in [6.45, 7) is 11.0. The van der Waals surface area contributed by atoms with E-state index in [1.165, 1.54) is 12.0 Å². The normalized spacial score (nSPS) is 17.3. The van der Waals surface area contributed by atoms with Gasteiger partial charge >= 0.3 is 0 Å². The first-order valence-corrected chi connectivity index (χ1v) is 9.90. The zero-order chi connectivity index (χ0) is 19.6. The first-order chi connectivity index (χ1) is 12.8. The molecule has 1 N–H and O–H groups in total. The van der Waals surface area contributed by atoms with E-state index < -0.39 is 0 Å². The lowest BCUT2D eigenvalue weighted by Gasteiger charge is -2.33. The van der Waals surface area contributed by atoms with Crippen LogP contribution in [0.4, 0.5) is 0 Å². The number of nitrogens with zero attached hydrogens (tertiary/aromatic N) is 3. The topological polar surface area (TPSA) is 50.2 Å². The Morgan fingerprint density at radius 1 is 1.25 bits per heavy atom. The van der Waals surface area contributed by atoms with E-state index in [4.69, 9.17) is 5.10 Å². The molecule has 0 saturated carbocycles. The van der Waals surface area contributed by atoms with E-state index >= 15 is 0 Å². The number of carbonyl (C=O) groups excluding carboxylic acids is 1. The van der Waals surface area contributed by atoms with Crippen molar-refractivity contribution in [2.24, 2.45) is 5.92 Å². The molecule has 28 heavy (non-hydrogen) atoms. The van der Waals surface area contributed by atoms with Crippen LogP contribution in [0.1, 0.15) is 55.2 Å². The molecule has 3 rings (SSSR count). The molecule has 2 heterocycles. The second-order valence-corrected chi connectivity index (χ2v) is 8.74. The predicted molar refractivity (Wildman–Crippen MR) is 117 cm³/mol. The van der Waals surface area contributed by atoms with Crippen molar-refractivity contribution < 1.29 is 4.79 Å². The third kappa shape index (κ3) is 4.95. The summed E-state index contributed by atoms with van der Waals surface area (Å²) >= 11 is 0. The Balaban J connectivity index is 0.00000280. The average Bonchev–Trinajstić information content (AvgIpc) is 3.08. The lowest BCUT2D eigenvalue weighted by molar-refractivity contribution is 0.0671. The maximum atomic E-state index is 13.4. The fraction of sp³-hybridized carbons (Fsp3) is 0.545. The Kier molecular flexibility index (Phi) is 7.29. The summed E-state index contributed by atoms with van der Waals surface area (Å²) in [5, 5.41) is 8.06. The number of carbonyl (C=O) groups is 1. The quantitative estimate of drug-likeness (QED) is 0.838. The second-order valence-electron chi connectivity index (χ2n) is 8.74. The van der Waals surface area contributed by atoms with E-state index in [-0.39, 0.29) is 23.7 Å². The van der Waals surface area contributed by atoms with Crippen molar-refractivity contribution in [1.82, 2.24) is 20.0 Å². The van der Waals surface area contributed by atoms with Crippen molar-refractivity contribution in [2.45, 2.75) is 46.0 Å². The molecule has 1 atom stereocenters. The zero-order valence-electron chi connectivity index (χ0n) is 17.7. The Morgan fingerprint density at radius 2 is 1.93 bits per heavy atom. The van der Waals surface area contributed by atoms with Crippen LogP contribution in [0.3, 0.4) is 0 Å². The molecule has 1 aromatic heterocycles. The average molecular weight is 405 g/mol. The molecule has 1 amide bonds. The van der Waals surface area contributed by atoms with Crippen LogP contribution in [-0.2, 0) is 5.41 Å². The number of likely N-dealkylation sites (tertiary alicyclic amines) is 1. The van der Waals surface area contributed by atoms with Gasteiger partial charge in [-0.15, -0.1) is 12.4 Å². The van der Waals surface area contributed by atoms with Gasteiger partial charge in [-0.1, -0.05) is 38.5 Å². The molecule has 2 aromatic rings. The van der Waals surface area contributed by atoms with Crippen molar-refractivity contribution in [2.75, 3.05) is 26.7 Å². The molecule has 1 saturated heterocycles. The standard InChI is InChI=1S/C22H32N4O.ClH/c1-16-8-10-18(11-9-16)26-15-19(20(24-26)22(2,3)4)21(27)25-12-6-7-17(14-25)13-23-5;/h8-11,15,17,23H,6-7,12-14H2,1-5H3;1H. The molecule has 1 fully saturated rings. The van der Waals surface area contributed by atoms with Crippen molar-refractivity contribution in [3.8, 4) is 5.69 Å². The van der Waals surface area contributed by atoms with Gasteiger partial charge < -0.3 is 10.2 Å². The number of benzene rings is 1. The van der Waals surface area contributed by atoms with E-state index in [1.807, 2.05) is 35.0 Å². The molecule has 154 valence electrons. The van der Waals surface area contributed by atoms with Gasteiger partial charge in [0.05, 0.1) is 16.9 Å². The van der Waals surface area contributed by atoms with Crippen molar-refractivity contribution >= 4 is 18.3 Å². The summed E-state index contributed by atoms with van der Waals surface area (Å²) < 4.78 is 1.85. The first kappa shape index (κ1) is 22.4. The van der Waals surface area contributed by atoms with Gasteiger partial charge in [-0.05, 0) is 51.4 Å². The summed E-state index contributed by atoms with van der Waals surface area (Å²) in [4.78, 5) is 15.4. The van der Waals surface area contributed by atoms with Crippen LogP contribution in [0, 0.1) is 12.8 Å². The van der Waals surface area contributed by atoms with E-state index in [1.54, 1.807) is 0 Å². The smallest absolute Gasteiger partial charge is 0.257 e. The van der Waals surface area contributed by atoms with Crippen molar-refractivity contribution in [1.29, 1.82) is 0 Å². The van der Waals surface area contributed by atoms with Gasteiger partial charge in [0.25, 0.3) is 5.91 Å². The lowest BCUT2D eigenvalue weighted by atomic mass is 9.89. The summed E-state index contributed by atoms with van der Waals surface area (Å²) in [6, 6.07) is 8.24. The molecule has 1 aromatic carbocycles. The third-order valence-corrected chi connectivity index (χ3v) is 5.25. The minimum absolute atomic E-state index is 0. The third-order valence-electron chi connectivity index (χ3n) is 5.25. The molecular weight excluding hydrogens is 372 g/mol. The highest BCUT2D eigenvalue weighted by molar-refractivity contribution is 5.95. The van der Waals surface area contributed by atoms with E-state index in [0.717, 1.165) is 43.0 Å². The lowest BCUT2D eigenvalue weighted by Crippen LogP contribution is -2.43. The SMILES string of the molecule is CNCC1CCCN(C(=O)c2cn(-c3ccc(C)cc3)nc2C(C)(C)C)C1.Cl. The van der Waals surface area contributed by atoms with Crippen molar-refractivity contribution in [3.63, 3.8) is 0 Å². The van der Waals surface area contributed by atoms with E-state index in [9.17, 15) is 4.79 Å². The minimum Gasteiger partial charge on any atom is -0.338 e. The monoisotopic (exact) mass is 404 g/mol. The van der Waals surface area contributed by atoms with Crippen LogP contribution in [0.5, 0.6) is 0 Å². The highest BCUT2D eigenvalue weighted by Gasteiger charge is 2.31. The van der Waals surface area contributed by atoms with Crippen LogP contribution in [0.25, 0.3) is 5.69 Å². The summed E-state index contributed by atoms with van der Waals surface area (Å²) in [5.74, 6) is 0.636. The maximum absolute atomic E-state index is 13.4. The van der Waals surface area contributed by atoms with E-state index in [2.05, 4.69) is 45.1 Å². The van der Waals surface area contributed by atoms with Gasteiger partial charge in [0.1, 0.15) is 0 Å². The first-order valence-electron chi connectivity index (χ1n) is 9.90. The molecule has 6 heteroatoms. The number of nitrogens with one attached hydrogen (secondary N) is 1. The van der Waals surface area contributed by atoms with Gasteiger partial charge in [0, 0.05) is 24.7 Å². The molecule has 5 nitrogen and oxygen atoms in total. The number of rotatable bonds is 4. The Morgan fingerprint density at radius 3 is 2.54 bits per heavy atom.